The maximum absolute atomic E-state index is 6.09. The van der Waals surface area contributed by atoms with E-state index >= 15 is 0 Å². The summed E-state index contributed by atoms with van der Waals surface area (Å²) < 4.78 is 11.1. The average Bonchev–Trinajstić information content (AvgIpc) is 2.86. The molecule has 1 aromatic rings. The quantitative estimate of drug-likeness (QED) is 0.846. The molecule has 120 valence electrons. The van der Waals surface area contributed by atoms with Gasteiger partial charge in [0.15, 0.2) is 11.5 Å². The number of nitrogens with one attached hydrogen (secondary N) is 1. The molecule has 3 nitrogen and oxygen atoms in total. The number of ether oxygens (including phenoxy) is 2. The summed E-state index contributed by atoms with van der Waals surface area (Å²) in [6.45, 7) is 5.39. The number of quaternary nitrogens is 1. The van der Waals surface area contributed by atoms with Crippen molar-refractivity contribution < 1.29 is 14.4 Å². The predicted molar refractivity (Wildman–Crippen MR) is 89.8 cm³/mol. The van der Waals surface area contributed by atoms with Gasteiger partial charge >= 0.3 is 0 Å². The Labute approximate surface area is 142 Å². The summed E-state index contributed by atoms with van der Waals surface area (Å²) in [6, 6.07) is 4.13. The van der Waals surface area contributed by atoms with E-state index in [4.69, 9.17) is 32.7 Å². The van der Waals surface area contributed by atoms with E-state index in [0.717, 1.165) is 6.42 Å². The van der Waals surface area contributed by atoms with Gasteiger partial charge in [-0.15, -0.1) is 12.4 Å². The Bertz CT molecular complexity index is 457. The molecule has 21 heavy (non-hydrogen) atoms. The van der Waals surface area contributed by atoms with Crippen molar-refractivity contribution in [1.29, 1.82) is 0 Å². The van der Waals surface area contributed by atoms with E-state index in [1.54, 1.807) is 24.1 Å². The Kier molecular flexibility index (Phi) is 7.96. The standard InChI is InChI=1S/C15H21Cl2NO2.ClH/c1-3-18-7-4-5-12(18)6-8-20-14-10-11(16)9-13(17)15(14)19-2;/h9-10,12H,3-8H2,1-2H3;1H/p+1. The van der Waals surface area contributed by atoms with Gasteiger partial charge in [0, 0.05) is 30.4 Å². The number of methoxy groups -OCH3 is 1. The van der Waals surface area contributed by atoms with Gasteiger partial charge in [-0.1, -0.05) is 23.2 Å². The largest absolute Gasteiger partial charge is 0.491 e. The average molecular weight is 356 g/mol. The number of benzene rings is 1. The summed E-state index contributed by atoms with van der Waals surface area (Å²) in [6.07, 6.45) is 3.66. The van der Waals surface area contributed by atoms with Crippen molar-refractivity contribution in [2.45, 2.75) is 32.2 Å². The third-order valence-corrected chi connectivity index (χ3v) is 4.48. The van der Waals surface area contributed by atoms with Crippen molar-refractivity contribution in [1.82, 2.24) is 0 Å². The Morgan fingerprint density at radius 1 is 1.33 bits per heavy atom. The number of hydrogen-bond donors (Lipinski definition) is 1. The van der Waals surface area contributed by atoms with Crippen molar-refractivity contribution >= 4 is 35.6 Å². The maximum Gasteiger partial charge on any atom is 0.179 e. The SMILES string of the molecule is CC[NH+]1CCCC1CCOc1cc(Cl)cc(Cl)c1OC.Cl. The summed E-state index contributed by atoms with van der Waals surface area (Å²) in [5, 5.41) is 1.05. The second-order valence-corrected chi connectivity index (χ2v) is 6.00. The van der Waals surface area contributed by atoms with Crippen LogP contribution in [0, 0.1) is 0 Å². The summed E-state index contributed by atoms with van der Waals surface area (Å²) in [7, 11) is 1.59. The molecule has 1 fully saturated rings. The summed E-state index contributed by atoms with van der Waals surface area (Å²) in [4.78, 5) is 1.68. The fourth-order valence-corrected chi connectivity index (χ4v) is 3.50. The lowest BCUT2D eigenvalue weighted by Crippen LogP contribution is -3.13. The van der Waals surface area contributed by atoms with Crippen molar-refractivity contribution in [2.24, 2.45) is 0 Å². The molecule has 0 spiro atoms. The van der Waals surface area contributed by atoms with E-state index in [1.165, 1.54) is 25.9 Å². The van der Waals surface area contributed by atoms with Crippen molar-refractivity contribution in [3.8, 4) is 11.5 Å². The molecule has 0 bridgehead atoms. The Morgan fingerprint density at radius 2 is 2.10 bits per heavy atom. The van der Waals surface area contributed by atoms with Gasteiger partial charge in [0.1, 0.15) is 0 Å². The first-order chi connectivity index (χ1) is 9.65. The second kappa shape index (κ2) is 8.94. The highest BCUT2D eigenvalue weighted by Crippen LogP contribution is 2.37. The minimum absolute atomic E-state index is 0. The lowest BCUT2D eigenvalue weighted by atomic mass is 10.1. The first-order valence-electron chi connectivity index (χ1n) is 7.16. The Hall–Kier alpha value is -0.350. The zero-order valence-corrected chi connectivity index (χ0v) is 14.8. The van der Waals surface area contributed by atoms with Gasteiger partial charge in [-0.3, -0.25) is 0 Å². The van der Waals surface area contributed by atoms with Crippen LogP contribution in [0.5, 0.6) is 11.5 Å². The number of rotatable bonds is 6. The molecule has 1 aliphatic heterocycles. The molecule has 2 rings (SSSR count). The molecule has 0 saturated carbocycles. The molecule has 1 saturated heterocycles. The van der Waals surface area contributed by atoms with Crippen LogP contribution in [0.4, 0.5) is 0 Å². The molecular formula is C15H23Cl3NO2+. The second-order valence-electron chi connectivity index (χ2n) is 5.16. The highest BCUT2D eigenvalue weighted by molar-refractivity contribution is 6.35. The van der Waals surface area contributed by atoms with Crippen LogP contribution in [0.2, 0.25) is 10.0 Å². The van der Waals surface area contributed by atoms with Gasteiger partial charge in [-0.05, 0) is 13.0 Å². The zero-order chi connectivity index (χ0) is 14.5. The van der Waals surface area contributed by atoms with Crippen LogP contribution in [0.3, 0.4) is 0 Å². The van der Waals surface area contributed by atoms with Gasteiger partial charge in [-0.2, -0.15) is 0 Å². The van der Waals surface area contributed by atoms with E-state index in [0.29, 0.717) is 34.2 Å². The van der Waals surface area contributed by atoms with Crippen LogP contribution < -0.4 is 14.4 Å². The minimum Gasteiger partial charge on any atom is -0.491 e. The van der Waals surface area contributed by atoms with Crippen LogP contribution in [0.25, 0.3) is 0 Å². The lowest BCUT2D eigenvalue weighted by molar-refractivity contribution is -0.910. The van der Waals surface area contributed by atoms with E-state index < -0.39 is 0 Å². The van der Waals surface area contributed by atoms with E-state index in [9.17, 15) is 0 Å². The lowest BCUT2D eigenvalue weighted by Gasteiger charge is -2.20. The molecule has 0 amide bonds. The molecule has 1 aliphatic rings. The van der Waals surface area contributed by atoms with Crippen LogP contribution in [0.15, 0.2) is 12.1 Å². The number of halogens is 3. The molecule has 2 atom stereocenters. The maximum atomic E-state index is 6.09. The van der Waals surface area contributed by atoms with Crippen molar-refractivity contribution in [3.63, 3.8) is 0 Å². The summed E-state index contributed by atoms with van der Waals surface area (Å²) in [5.74, 6) is 1.18. The fourth-order valence-electron chi connectivity index (χ4n) is 2.95. The topological polar surface area (TPSA) is 22.9 Å². The van der Waals surface area contributed by atoms with Gasteiger partial charge in [0.05, 0.1) is 37.9 Å². The monoisotopic (exact) mass is 354 g/mol. The molecule has 0 radical (unpaired) electrons. The molecular weight excluding hydrogens is 333 g/mol. The smallest absolute Gasteiger partial charge is 0.179 e. The van der Waals surface area contributed by atoms with E-state index in [1.807, 2.05) is 0 Å². The first kappa shape index (κ1) is 18.7. The van der Waals surface area contributed by atoms with Crippen LogP contribution in [-0.4, -0.2) is 32.8 Å². The predicted octanol–water partition coefficient (Wildman–Crippen LogP) is 3.26. The minimum atomic E-state index is 0. The number of hydrogen-bond acceptors (Lipinski definition) is 2. The number of likely N-dealkylation sites (tertiary alicyclic amines) is 1. The molecule has 0 aromatic heterocycles. The van der Waals surface area contributed by atoms with E-state index in [-0.39, 0.29) is 12.4 Å². The first-order valence-corrected chi connectivity index (χ1v) is 7.91. The summed E-state index contributed by atoms with van der Waals surface area (Å²) >= 11 is 12.1. The van der Waals surface area contributed by atoms with Gasteiger partial charge in [-0.25, -0.2) is 0 Å². The highest BCUT2D eigenvalue weighted by Gasteiger charge is 2.26. The van der Waals surface area contributed by atoms with Crippen LogP contribution in [0.1, 0.15) is 26.2 Å². The van der Waals surface area contributed by atoms with Gasteiger partial charge < -0.3 is 14.4 Å². The molecule has 2 unspecified atom stereocenters. The van der Waals surface area contributed by atoms with E-state index in [2.05, 4.69) is 6.92 Å². The molecule has 1 N–H and O–H groups in total. The molecule has 1 heterocycles. The molecule has 1 aromatic carbocycles. The van der Waals surface area contributed by atoms with Crippen LogP contribution in [-0.2, 0) is 0 Å². The van der Waals surface area contributed by atoms with Crippen molar-refractivity contribution in [3.05, 3.63) is 22.2 Å². The summed E-state index contributed by atoms with van der Waals surface area (Å²) in [5.41, 5.74) is 0. The van der Waals surface area contributed by atoms with Gasteiger partial charge in [0.2, 0.25) is 0 Å². The Morgan fingerprint density at radius 3 is 2.76 bits per heavy atom. The normalized spacial score (nSPS) is 21.0. The fraction of sp³-hybridized carbons (Fsp3) is 0.600. The third-order valence-electron chi connectivity index (χ3n) is 3.98. The van der Waals surface area contributed by atoms with Crippen LogP contribution >= 0.6 is 35.6 Å². The van der Waals surface area contributed by atoms with Gasteiger partial charge in [0.25, 0.3) is 0 Å². The third kappa shape index (κ3) is 4.82. The Balaban J connectivity index is 0.00000220. The highest BCUT2D eigenvalue weighted by atomic mass is 35.5. The molecule has 0 aliphatic carbocycles. The van der Waals surface area contributed by atoms with Crippen molar-refractivity contribution in [2.75, 3.05) is 26.8 Å². The zero-order valence-electron chi connectivity index (χ0n) is 12.5. The molecule has 6 heteroatoms.